The summed E-state index contributed by atoms with van der Waals surface area (Å²) in [4.78, 5) is 9.36. The summed E-state index contributed by atoms with van der Waals surface area (Å²) >= 11 is 0. The number of nitrogens with zero attached hydrogens (tertiary/aromatic N) is 4. The van der Waals surface area contributed by atoms with Crippen molar-refractivity contribution in [1.82, 2.24) is 5.06 Å². The fourth-order valence-corrected chi connectivity index (χ4v) is 3.32. The number of hydrogen-bond donors (Lipinski definition) is 0. The van der Waals surface area contributed by atoms with E-state index in [-0.39, 0.29) is 17.7 Å². The van der Waals surface area contributed by atoms with Gasteiger partial charge in [-0.3, -0.25) is 4.84 Å². The lowest BCUT2D eigenvalue weighted by molar-refractivity contribution is -0.272. The van der Waals surface area contributed by atoms with Gasteiger partial charge in [-0.2, -0.15) is 5.06 Å². The lowest BCUT2D eigenvalue weighted by atomic mass is 9.92. The molecule has 0 bridgehead atoms. The summed E-state index contributed by atoms with van der Waals surface area (Å²) in [6.45, 7) is 13.4. The molecule has 2 aromatic rings. The minimum Gasteiger partial charge on any atom is -0.290 e. The Balaban J connectivity index is 2.27. The quantitative estimate of drug-likeness (QED) is 0.214. The fourth-order valence-electron chi connectivity index (χ4n) is 3.32. The van der Waals surface area contributed by atoms with Crippen molar-refractivity contribution in [1.29, 1.82) is 0 Å². The Morgan fingerprint density at radius 1 is 0.964 bits per heavy atom. The zero-order chi connectivity index (χ0) is 20.7. The van der Waals surface area contributed by atoms with Crippen LogP contribution in [0.25, 0.3) is 10.4 Å². The van der Waals surface area contributed by atoms with E-state index in [0.717, 1.165) is 11.1 Å². The Morgan fingerprint density at radius 3 is 2.07 bits per heavy atom. The number of benzene rings is 2. The van der Waals surface area contributed by atoms with Gasteiger partial charge in [-0.1, -0.05) is 73.6 Å². The van der Waals surface area contributed by atoms with Crippen molar-refractivity contribution in [3.05, 3.63) is 81.7 Å². The fraction of sp³-hybridized carbons (Fsp3) is 0.478. The third-order valence-corrected chi connectivity index (χ3v) is 4.72. The highest BCUT2D eigenvalue weighted by Gasteiger charge is 2.34. The molecule has 5 nitrogen and oxygen atoms in total. The van der Waals surface area contributed by atoms with Gasteiger partial charge in [0.1, 0.15) is 6.10 Å². The van der Waals surface area contributed by atoms with Crippen LogP contribution in [0.3, 0.4) is 0 Å². The molecule has 28 heavy (non-hydrogen) atoms. The van der Waals surface area contributed by atoms with Crippen LogP contribution in [0.5, 0.6) is 0 Å². The van der Waals surface area contributed by atoms with Crippen LogP contribution in [0.15, 0.2) is 59.7 Å². The minimum absolute atomic E-state index is 0.0993. The Kier molecular flexibility index (Phi) is 7.64. The Labute approximate surface area is 168 Å². The molecule has 0 amide bonds. The van der Waals surface area contributed by atoms with Gasteiger partial charge >= 0.3 is 0 Å². The topological polar surface area (TPSA) is 61.2 Å². The third kappa shape index (κ3) is 5.83. The molecule has 0 fully saturated rings. The van der Waals surface area contributed by atoms with Crippen molar-refractivity contribution in [3.8, 4) is 0 Å². The van der Waals surface area contributed by atoms with Gasteiger partial charge in [0, 0.05) is 10.5 Å². The first-order valence-corrected chi connectivity index (χ1v) is 9.84. The SMILES string of the molecule is CC(ON(C(c1ccccc1)C(C)C)C(C)(C)C)c1ccc(CN=[N+]=[N-])cc1. The Hall–Kier alpha value is -2.33. The average Bonchev–Trinajstić information content (AvgIpc) is 2.66. The third-order valence-electron chi connectivity index (χ3n) is 4.72. The van der Waals surface area contributed by atoms with Crippen LogP contribution in [0, 0.1) is 5.92 Å². The first kappa shape index (κ1) is 22.0. The standard InChI is InChI=1S/C23H32N4O/c1-17(2)22(21-10-8-7-9-11-21)27(23(4,5)6)28-18(3)20-14-12-19(13-15-20)16-25-26-24/h7-15,17-18,22H,16H2,1-6H3. The van der Waals surface area contributed by atoms with Crippen LogP contribution in [-0.4, -0.2) is 10.6 Å². The van der Waals surface area contributed by atoms with Crippen LogP contribution in [0.1, 0.15) is 70.4 Å². The van der Waals surface area contributed by atoms with E-state index in [2.05, 4.69) is 80.9 Å². The summed E-state index contributed by atoms with van der Waals surface area (Å²) < 4.78 is 0. The van der Waals surface area contributed by atoms with Gasteiger partial charge in [-0.05, 0) is 55.8 Å². The monoisotopic (exact) mass is 380 g/mol. The molecule has 2 unspecified atom stereocenters. The average molecular weight is 381 g/mol. The molecule has 0 heterocycles. The van der Waals surface area contributed by atoms with Gasteiger partial charge in [0.05, 0.1) is 12.6 Å². The first-order valence-electron chi connectivity index (χ1n) is 9.84. The first-order chi connectivity index (χ1) is 13.2. The molecule has 0 aliphatic carbocycles. The molecule has 2 rings (SSSR count). The van der Waals surface area contributed by atoms with Gasteiger partial charge in [0.2, 0.25) is 0 Å². The second kappa shape index (κ2) is 9.74. The number of hydroxylamine groups is 2. The summed E-state index contributed by atoms with van der Waals surface area (Å²) in [6, 6.07) is 18.8. The van der Waals surface area contributed by atoms with E-state index in [0.29, 0.717) is 12.5 Å². The van der Waals surface area contributed by atoms with Crippen LogP contribution < -0.4 is 0 Å². The van der Waals surface area contributed by atoms with Crippen molar-refractivity contribution in [2.24, 2.45) is 11.0 Å². The molecule has 0 saturated heterocycles. The molecule has 2 atom stereocenters. The van der Waals surface area contributed by atoms with E-state index < -0.39 is 0 Å². The predicted molar refractivity (Wildman–Crippen MR) is 114 cm³/mol. The van der Waals surface area contributed by atoms with Gasteiger partial charge in [-0.25, -0.2) is 0 Å². The smallest absolute Gasteiger partial charge is 0.102 e. The van der Waals surface area contributed by atoms with Crippen molar-refractivity contribution in [2.75, 3.05) is 0 Å². The Morgan fingerprint density at radius 2 is 1.57 bits per heavy atom. The van der Waals surface area contributed by atoms with Crippen molar-refractivity contribution in [2.45, 2.75) is 65.8 Å². The van der Waals surface area contributed by atoms with Gasteiger partial charge < -0.3 is 0 Å². The van der Waals surface area contributed by atoms with E-state index in [1.165, 1.54) is 5.56 Å². The number of hydrogen-bond acceptors (Lipinski definition) is 3. The minimum atomic E-state index is -0.166. The zero-order valence-electron chi connectivity index (χ0n) is 17.8. The second-order valence-electron chi connectivity index (χ2n) is 8.47. The molecule has 0 spiro atoms. The summed E-state index contributed by atoms with van der Waals surface area (Å²) in [6.07, 6.45) is -0.0993. The van der Waals surface area contributed by atoms with Crippen LogP contribution >= 0.6 is 0 Å². The summed E-state index contributed by atoms with van der Waals surface area (Å²) in [5.41, 5.74) is 11.6. The van der Waals surface area contributed by atoms with Gasteiger partial charge in [0.25, 0.3) is 0 Å². The summed E-state index contributed by atoms with van der Waals surface area (Å²) in [5.74, 6) is 0.389. The van der Waals surface area contributed by atoms with E-state index in [4.69, 9.17) is 10.4 Å². The van der Waals surface area contributed by atoms with Crippen LogP contribution in [0.4, 0.5) is 0 Å². The molecule has 0 radical (unpaired) electrons. The highest BCUT2D eigenvalue weighted by molar-refractivity contribution is 5.24. The lowest BCUT2D eigenvalue weighted by Gasteiger charge is -2.44. The molecule has 2 aromatic carbocycles. The van der Waals surface area contributed by atoms with Crippen molar-refractivity contribution < 1.29 is 4.84 Å². The normalized spacial score (nSPS) is 14.0. The van der Waals surface area contributed by atoms with Crippen LogP contribution in [0.2, 0.25) is 0 Å². The molecule has 150 valence electrons. The van der Waals surface area contributed by atoms with E-state index in [1.807, 2.05) is 30.3 Å². The molecular formula is C23H32N4O. The molecule has 0 N–H and O–H groups in total. The zero-order valence-corrected chi connectivity index (χ0v) is 17.8. The van der Waals surface area contributed by atoms with Crippen molar-refractivity contribution in [3.63, 3.8) is 0 Å². The van der Waals surface area contributed by atoms with E-state index in [9.17, 15) is 0 Å². The molecule has 0 saturated carbocycles. The van der Waals surface area contributed by atoms with E-state index >= 15 is 0 Å². The molecular weight excluding hydrogens is 348 g/mol. The van der Waals surface area contributed by atoms with Crippen molar-refractivity contribution >= 4 is 0 Å². The van der Waals surface area contributed by atoms with Crippen LogP contribution in [-0.2, 0) is 11.4 Å². The maximum atomic E-state index is 8.47. The maximum Gasteiger partial charge on any atom is 0.102 e. The summed E-state index contributed by atoms with van der Waals surface area (Å²) in [7, 11) is 0. The Bertz CT molecular complexity index is 774. The van der Waals surface area contributed by atoms with E-state index in [1.54, 1.807) is 0 Å². The largest absolute Gasteiger partial charge is 0.290 e. The summed E-state index contributed by atoms with van der Waals surface area (Å²) in [5, 5.41) is 5.76. The highest BCUT2D eigenvalue weighted by atomic mass is 16.7. The second-order valence-corrected chi connectivity index (χ2v) is 8.47. The molecule has 0 aromatic heterocycles. The number of rotatable bonds is 8. The number of azide groups is 1. The van der Waals surface area contributed by atoms with Gasteiger partial charge in [-0.15, -0.1) is 0 Å². The molecule has 0 aliphatic rings. The maximum absolute atomic E-state index is 8.47. The van der Waals surface area contributed by atoms with Gasteiger partial charge in [0.15, 0.2) is 0 Å². The lowest BCUT2D eigenvalue weighted by Crippen LogP contribution is -2.46. The highest BCUT2D eigenvalue weighted by Crippen LogP contribution is 2.37. The molecule has 0 aliphatic heterocycles. The molecule has 5 heteroatoms. The predicted octanol–water partition coefficient (Wildman–Crippen LogP) is 6.99.